The molecule has 0 aliphatic heterocycles. The summed E-state index contributed by atoms with van der Waals surface area (Å²) in [6.45, 7) is 13.0. The van der Waals surface area contributed by atoms with Gasteiger partial charge in [0.15, 0.2) is 5.78 Å². The third-order valence-electron chi connectivity index (χ3n) is 4.94. The molecule has 1 heteroatoms. The number of allylic oxidation sites excluding steroid dienone is 6. The van der Waals surface area contributed by atoms with Crippen LogP contribution >= 0.6 is 0 Å². The van der Waals surface area contributed by atoms with Crippen molar-refractivity contribution in [1.82, 2.24) is 0 Å². The number of carbonyl (C=O) groups is 1. The molecule has 0 fully saturated rings. The van der Waals surface area contributed by atoms with Gasteiger partial charge in [-0.1, -0.05) is 42.2 Å². The zero-order valence-corrected chi connectivity index (χ0v) is 15.5. The van der Waals surface area contributed by atoms with Crippen LogP contribution in [0.2, 0.25) is 0 Å². The third-order valence-corrected chi connectivity index (χ3v) is 4.94. The van der Waals surface area contributed by atoms with E-state index in [9.17, 15) is 4.79 Å². The van der Waals surface area contributed by atoms with Gasteiger partial charge in [0.05, 0.1) is 0 Å². The van der Waals surface area contributed by atoms with Crippen LogP contribution in [0, 0.1) is 5.41 Å². The van der Waals surface area contributed by atoms with E-state index in [2.05, 4.69) is 33.8 Å². The molecule has 0 unspecified atom stereocenters. The molecule has 0 radical (unpaired) electrons. The highest BCUT2D eigenvalue weighted by Gasteiger charge is 2.27. The number of rotatable bonds is 7. The first-order chi connectivity index (χ1) is 10.2. The van der Waals surface area contributed by atoms with E-state index in [1.165, 1.54) is 43.3 Å². The van der Waals surface area contributed by atoms with Gasteiger partial charge < -0.3 is 0 Å². The van der Waals surface area contributed by atoms with Gasteiger partial charge in [-0.05, 0) is 84.1 Å². The van der Waals surface area contributed by atoms with Crippen molar-refractivity contribution in [3.05, 3.63) is 34.4 Å². The maximum Gasteiger partial charge on any atom is 0.152 e. The van der Waals surface area contributed by atoms with Gasteiger partial charge >= 0.3 is 0 Å². The van der Waals surface area contributed by atoms with Crippen LogP contribution in [0.5, 0.6) is 0 Å². The summed E-state index contributed by atoms with van der Waals surface area (Å²) in [5.41, 5.74) is 6.38. The van der Waals surface area contributed by atoms with Gasteiger partial charge in [-0.2, -0.15) is 0 Å². The zero-order valence-electron chi connectivity index (χ0n) is 15.5. The van der Waals surface area contributed by atoms with E-state index < -0.39 is 0 Å². The molecule has 0 N–H and O–H groups in total. The molecule has 0 spiro atoms. The van der Waals surface area contributed by atoms with Crippen LogP contribution in [-0.2, 0) is 4.79 Å². The topological polar surface area (TPSA) is 17.1 Å². The number of hydrogen-bond donors (Lipinski definition) is 0. The minimum Gasteiger partial charge on any atom is -0.295 e. The lowest BCUT2D eigenvalue weighted by molar-refractivity contribution is -0.112. The summed E-state index contributed by atoms with van der Waals surface area (Å²) >= 11 is 0. The normalized spacial score (nSPS) is 19.5. The second-order valence-corrected chi connectivity index (χ2v) is 7.69. The van der Waals surface area contributed by atoms with Crippen molar-refractivity contribution < 1.29 is 4.79 Å². The summed E-state index contributed by atoms with van der Waals surface area (Å²) in [4.78, 5) is 11.0. The van der Waals surface area contributed by atoms with Gasteiger partial charge in [0.1, 0.15) is 0 Å². The Bertz CT molecular complexity index is 486. The number of carbonyl (C=O) groups excluding carboxylic acids is 1. The predicted octanol–water partition coefficient (Wildman–Crippen LogP) is 6.56. The molecule has 22 heavy (non-hydrogen) atoms. The molecule has 0 heterocycles. The Labute approximate surface area is 137 Å². The van der Waals surface area contributed by atoms with Crippen molar-refractivity contribution in [2.45, 2.75) is 86.5 Å². The quantitative estimate of drug-likeness (QED) is 0.384. The molecule has 1 rings (SSSR count). The average Bonchev–Trinajstić information content (AvgIpc) is 2.36. The molecule has 0 aromatic rings. The van der Waals surface area contributed by atoms with Crippen LogP contribution < -0.4 is 0 Å². The Morgan fingerprint density at radius 1 is 1.14 bits per heavy atom. The largest absolute Gasteiger partial charge is 0.295 e. The van der Waals surface area contributed by atoms with E-state index in [0.717, 1.165) is 12.8 Å². The lowest BCUT2D eigenvalue weighted by atomic mass is 9.71. The third kappa shape index (κ3) is 6.34. The van der Waals surface area contributed by atoms with Crippen LogP contribution in [0.1, 0.15) is 86.5 Å². The van der Waals surface area contributed by atoms with Crippen molar-refractivity contribution >= 4 is 5.78 Å². The maximum atomic E-state index is 11.0. The molecule has 1 aliphatic rings. The van der Waals surface area contributed by atoms with E-state index in [1.54, 1.807) is 24.1 Å². The highest BCUT2D eigenvalue weighted by Crippen LogP contribution is 2.42. The summed E-state index contributed by atoms with van der Waals surface area (Å²) < 4.78 is 0. The Hall–Kier alpha value is -1.11. The summed E-state index contributed by atoms with van der Waals surface area (Å²) in [6, 6.07) is 0. The number of hydrogen-bond acceptors (Lipinski definition) is 1. The Morgan fingerprint density at radius 2 is 1.82 bits per heavy atom. The first-order valence-electron chi connectivity index (χ1n) is 8.75. The van der Waals surface area contributed by atoms with E-state index in [1.807, 2.05) is 6.92 Å². The minimum absolute atomic E-state index is 0.153. The van der Waals surface area contributed by atoms with Gasteiger partial charge in [-0.15, -0.1) is 0 Å². The Morgan fingerprint density at radius 3 is 2.41 bits per heavy atom. The summed E-state index contributed by atoms with van der Waals surface area (Å²) in [5, 5.41) is 0. The van der Waals surface area contributed by atoms with Crippen LogP contribution in [0.15, 0.2) is 34.4 Å². The molecule has 1 aliphatic carbocycles. The molecule has 0 saturated heterocycles. The van der Waals surface area contributed by atoms with E-state index in [4.69, 9.17) is 0 Å². The highest BCUT2D eigenvalue weighted by atomic mass is 16.1. The van der Waals surface area contributed by atoms with Crippen molar-refractivity contribution in [2.24, 2.45) is 5.41 Å². The van der Waals surface area contributed by atoms with Crippen LogP contribution in [0.3, 0.4) is 0 Å². The Balaban J connectivity index is 2.50. The lowest BCUT2D eigenvalue weighted by Gasteiger charge is -2.35. The maximum absolute atomic E-state index is 11.0. The van der Waals surface area contributed by atoms with Gasteiger partial charge in [0, 0.05) is 0 Å². The summed E-state index contributed by atoms with van der Waals surface area (Å²) in [7, 11) is 0. The van der Waals surface area contributed by atoms with Crippen molar-refractivity contribution in [3.63, 3.8) is 0 Å². The fourth-order valence-corrected chi connectivity index (χ4v) is 3.62. The van der Waals surface area contributed by atoms with Crippen LogP contribution in [0.25, 0.3) is 0 Å². The summed E-state index contributed by atoms with van der Waals surface area (Å²) in [5.74, 6) is 0.153. The van der Waals surface area contributed by atoms with Gasteiger partial charge in [0.2, 0.25) is 0 Å². The zero-order chi connectivity index (χ0) is 16.8. The molecule has 0 bridgehead atoms. The van der Waals surface area contributed by atoms with Crippen molar-refractivity contribution in [3.8, 4) is 0 Å². The first-order valence-corrected chi connectivity index (χ1v) is 8.75. The molecular weight excluding hydrogens is 268 g/mol. The van der Waals surface area contributed by atoms with Gasteiger partial charge in [0.25, 0.3) is 0 Å². The molecule has 0 aromatic carbocycles. The number of ketones is 1. The molecule has 0 atom stereocenters. The molecule has 1 nitrogen and oxygen atoms in total. The predicted molar refractivity (Wildman–Crippen MR) is 97.0 cm³/mol. The van der Waals surface area contributed by atoms with Gasteiger partial charge in [-0.3, -0.25) is 4.79 Å². The lowest BCUT2D eigenvalue weighted by Crippen LogP contribution is -2.20. The second-order valence-electron chi connectivity index (χ2n) is 7.69. The minimum atomic E-state index is 0.153. The highest BCUT2D eigenvalue weighted by molar-refractivity contribution is 5.87. The SMILES string of the molecule is CC(=O)/C=C(\C)CC/C=C(\C)CCC1=C(C)CCCC1(C)C. The molecular formula is C21H34O. The van der Waals surface area contributed by atoms with E-state index >= 15 is 0 Å². The molecule has 0 aromatic heterocycles. The second kappa shape index (κ2) is 8.50. The fraction of sp³-hybridized carbons (Fsp3) is 0.667. The average molecular weight is 303 g/mol. The van der Waals surface area contributed by atoms with Crippen LogP contribution in [-0.4, -0.2) is 5.78 Å². The van der Waals surface area contributed by atoms with Crippen molar-refractivity contribution in [1.29, 1.82) is 0 Å². The fourth-order valence-electron chi connectivity index (χ4n) is 3.62. The Kier molecular flexibility index (Phi) is 7.32. The van der Waals surface area contributed by atoms with Gasteiger partial charge in [-0.25, -0.2) is 0 Å². The van der Waals surface area contributed by atoms with E-state index in [-0.39, 0.29) is 5.78 Å². The standard InChI is InChI=1S/C21H34O/c1-16(9-7-10-17(2)15-19(4)22)12-13-20-18(3)11-8-14-21(20,5)6/h9,15H,7-8,10-14H2,1-6H3/b16-9+,17-15+. The van der Waals surface area contributed by atoms with Crippen LogP contribution in [0.4, 0.5) is 0 Å². The molecule has 124 valence electrons. The van der Waals surface area contributed by atoms with Crippen molar-refractivity contribution in [2.75, 3.05) is 0 Å². The monoisotopic (exact) mass is 302 g/mol. The van der Waals surface area contributed by atoms with E-state index in [0.29, 0.717) is 5.41 Å². The first kappa shape index (κ1) is 18.9. The molecule has 0 amide bonds. The molecule has 0 saturated carbocycles. The summed E-state index contributed by atoms with van der Waals surface area (Å²) in [6.07, 6.45) is 12.5. The smallest absolute Gasteiger partial charge is 0.152 e.